The molecule has 31 heavy (non-hydrogen) atoms. The fourth-order valence-electron chi connectivity index (χ4n) is 2.92. The molecule has 0 amide bonds. The monoisotopic (exact) mass is 558 g/mol. The Morgan fingerprint density at radius 2 is 2.06 bits per heavy atom. The maximum Gasteiger partial charge on any atom is 0.290 e. The van der Waals surface area contributed by atoms with Crippen LogP contribution in [0.2, 0.25) is 0 Å². The molecule has 0 saturated carbocycles. The van der Waals surface area contributed by atoms with Gasteiger partial charge >= 0.3 is 0 Å². The molecule has 0 unspecified atom stereocenters. The number of hydrogen-bond acceptors (Lipinski definition) is 9. The molecule has 0 fully saturated rings. The van der Waals surface area contributed by atoms with E-state index in [-0.39, 0.29) is 13.3 Å². The molecule has 4 N–H and O–H groups in total. The van der Waals surface area contributed by atoms with Gasteiger partial charge in [-0.05, 0) is 47.7 Å². The van der Waals surface area contributed by atoms with E-state index in [9.17, 15) is 0 Å². The van der Waals surface area contributed by atoms with Crippen LogP contribution in [0.5, 0.6) is 11.5 Å². The van der Waals surface area contributed by atoms with Gasteiger partial charge in [-0.1, -0.05) is 25.6 Å². The van der Waals surface area contributed by atoms with Gasteiger partial charge in [0.05, 0.1) is 0 Å². The quantitative estimate of drug-likeness (QED) is 0.226. The van der Waals surface area contributed by atoms with Crippen LogP contribution < -0.4 is 20.5 Å². The summed E-state index contributed by atoms with van der Waals surface area (Å²) < 4.78 is 14.2. The molecule has 10 nitrogen and oxygen atoms in total. The van der Waals surface area contributed by atoms with Crippen molar-refractivity contribution in [1.82, 2.24) is 24.8 Å². The third-order valence-corrected chi connectivity index (χ3v) is 6.58. The van der Waals surface area contributed by atoms with E-state index in [1.54, 1.807) is 11.8 Å². The maximum atomic E-state index is 8.36. The number of nitrogens with one attached hydrogen (secondary N) is 1. The number of nitrogens with two attached hydrogens (primary N) is 1. The number of aromatic nitrogens is 4. The Kier molecular flexibility index (Phi) is 8.15. The topological polar surface area (TPSA) is 137 Å². The number of aryl methyl sites for hydroxylation is 1. The number of hydrogen-bond donors (Lipinski definition) is 3. The van der Waals surface area contributed by atoms with E-state index in [0.29, 0.717) is 17.4 Å². The van der Waals surface area contributed by atoms with Crippen LogP contribution in [0.1, 0.15) is 20.3 Å². The molecule has 166 valence electrons. The highest BCUT2D eigenvalue weighted by molar-refractivity contribution is 14.1. The average molecular weight is 558 g/mol. The predicted molar refractivity (Wildman–Crippen MR) is 126 cm³/mol. The average Bonchev–Trinajstić information content (AvgIpc) is 3.31. The molecule has 0 saturated heterocycles. The highest BCUT2D eigenvalue weighted by atomic mass is 127. The molecule has 12 heteroatoms. The summed E-state index contributed by atoms with van der Waals surface area (Å²) in [7, 11) is 0. The van der Waals surface area contributed by atoms with E-state index < -0.39 is 0 Å². The molecular formula is C19H23IN6O4S. The summed E-state index contributed by atoms with van der Waals surface area (Å²) in [6.45, 7) is 6.00. The van der Waals surface area contributed by atoms with Crippen LogP contribution >= 0.6 is 34.4 Å². The largest absolute Gasteiger partial charge is 0.483 e. The van der Waals surface area contributed by atoms with Crippen molar-refractivity contribution in [2.24, 2.45) is 0 Å². The third kappa shape index (κ3) is 5.68. The summed E-state index contributed by atoms with van der Waals surface area (Å²) in [6, 6.07) is 4.44. The Morgan fingerprint density at radius 1 is 1.35 bits per heavy atom. The van der Waals surface area contributed by atoms with E-state index in [0.717, 1.165) is 50.3 Å². The first-order valence-corrected chi connectivity index (χ1v) is 11.4. The minimum atomic E-state index is -0.250. The summed E-state index contributed by atoms with van der Waals surface area (Å²) in [5.41, 5.74) is 7.44. The first-order chi connectivity index (χ1) is 14.9. The lowest BCUT2D eigenvalue weighted by Crippen LogP contribution is -2.24. The molecular weight excluding hydrogens is 535 g/mol. The van der Waals surface area contributed by atoms with Gasteiger partial charge in [0.25, 0.3) is 6.47 Å². The number of nitrogen functional groups attached to an aromatic ring is 1. The zero-order chi connectivity index (χ0) is 22.4. The minimum absolute atomic E-state index is 0.250. The minimum Gasteiger partial charge on any atom is -0.483 e. The van der Waals surface area contributed by atoms with Gasteiger partial charge in [0.1, 0.15) is 6.33 Å². The van der Waals surface area contributed by atoms with Crippen molar-refractivity contribution in [3.8, 4) is 11.5 Å². The van der Waals surface area contributed by atoms with Crippen molar-refractivity contribution >= 4 is 57.8 Å². The summed E-state index contributed by atoms with van der Waals surface area (Å²) in [6.07, 6.45) is 2.44. The van der Waals surface area contributed by atoms with Crippen molar-refractivity contribution in [1.29, 1.82) is 0 Å². The zero-order valence-corrected chi connectivity index (χ0v) is 20.0. The molecule has 1 aliphatic heterocycles. The number of benzene rings is 1. The first-order valence-electron chi connectivity index (χ1n) is 9.49. The number of halogens is 1. The fraction of sp³-hybridized carbons (Fsp3) is 0.368. The van der Waals surface area contributed by atoms with Crippen LogP contribution in [0.15, 0.2) is 28.5 Å². The van der Waals surface area contributed by atoms with Gasteiger partial charge in [0.2, 0.25) is 6.79 Å². The number of carbonyl (C=O) groups is 1. The Bertz CT molecular complexity index is 1060. The molecule has 0 radical (unpaired) electrons. The van der Waals surface area contributed by atoms with Gasteiger partial charge in [0.15, 0.2) is 33.6 Å². The smallest absolute Gasteiger partial charge is 0.290 e. The van der Waals surface area contributed by atoms with Gasteiger partial charge in [-0.15, -0.1) is 0 Å². The fourth-order valence-corrected chi connectivity index (χ4v) is 4.63. The SMILES string of the molecule is CC(C)NCCCn1c(Sc2cc3c(cc2I)OCO3)nc2c(N)ncnc21.O=CO. The second kappa shape index (κ2) is 10.8. The van der Waals surface area contributed by atoms with Gasteiger partial charge in [-0.3, -0.25) is 4.79 Å². The van der Waals surface area contributed by atoms with Gasteiger partial charge in [-0.2, -0.15) is 0 Å². The number of carboxylic acid groups (broad SMARTS) is 1. The molecule has 0 atom stereocenters. The van der Waals surface area contributed by atoms with Crippen molar-refractivity contribution in [2.75, 3.05) is 19.1 Å². The lowest BCUT2D eigenvalue weighted by atomic mass is 10.3. The van der Waals surface area contributed by atoms with E-state index in [2.05, 4.69) is 56.3 Å². The predicted octanol–water partition coefficient (Wildman–Crippen LogP) is 2.98. The van der Waals surface area contributed by atoms with Gasteiger partial charge < -0.3 is 30.2 Å². The second-order valence-electron chi connectivity index (χ2n) is 6.78. The van der Waals surface area contributed by atoms with Gasteiger partial charge in [-0.25, -0.2) is 15.0 Å². The maximum absolute atomic E-state index is 8.36. The summed E-state index contributed by atoms with van der Waals surface area (Å²) in [4.78, 5) is 22.7. The molecule has 2 aromatic heterocycles. The molecule has 3 heterocycles. The molecule has 3 aromatic rings. The Labute approximate surface area is 197 Å². The van der Waals surface area contributed by atoms with E-state index >= 15 is 0 Å². The van der Waals surface area contributed by atoms with Crippen molar-refractivity contribution in [2.45, 2.75) is 42.9 Å². The summed E-state index contributed by atoms with van der Waals surface area (Å²) >= 11 is 3.87. The van der Waals surface area contributed by atoms with Crippen LogP contribution in [0.4, 0.5) is 5.82 Å². The highest BCUT2D eigenvalue weighted by Crippen LogP contribution is 2.41. The van der Waals surface area contributed by atoms with E-state index in [4.69, 9.17) is 30.1 Å². The van der Waals surface area contributed by atoms with Crippen LogP contribution in [0.3, 0.4) is 0 Å². The Hall–Kier alpha value is -2.32. The third-order valence-electron chi connectivity index (χ3n) is 4.26. The number of anilines is 1. The van der Waals surface area contributed by atoms with E-state index in [1.807, 2.05) is 12.1 Å². The standard InChI is InChI=1S/C18H21IN6O2S.CH2O2/c1-10(2)21-4-3-5-25-17-15(16(20)22-8-23-17)24-18(25)28-14-7-13-12(6-11(14)19)26-9-27-13;2-1-3/h6-8,10,21H,3-5,9H2,1-2H3,(H2,20,22,23);1H,(H,2,3). The molecule has 4 rings (SSSR count). The number of nitrogens with zero attached hydrogens (tertiary/aromatic N) is 4. The molecule has 1 aliphatic rings. The van der Waals surface area contributed by atoms with E-state index in [1.165, 1.54) is 6.33 Å². The number of ether oxygens (including phenoxy) is 2. The number of fused-ring (bicyclic) bond motifs is 2. The Morgan fingerprint density at radius 3 is 2.77 bits per heavy atom. The second-order valence-corrected chi connectivity index (χ2v) is 8.95. The van der Waals surface area contributed by atoms with Crippen molar-refractivity contribution in [3.63, 3.8) is 0 Å². The zero-order valence-electron chi connectivity index (χ0n) is 17.0. The summed E-state index contributed by atoms with van der Waals surface area (Å²) in [5, 5.41) is 11.2. The number of rotatable bonds is 7. The highest BCUT2D eigenvalue weighted by Gasteiger charge is 2.20. The lowest BCUT2D eigenvalue weighted by molar-refractivity contribution is -0.122. The Balaban J connectivity index is 0.000000858. The normalized spacial score (nSPS) is 12.1. The van der Waals surface area contributed by atoms with Gasteiger partial charge in [0, 0.05) is 21.1 Å². The lowest BCUT2D eigenvalue weighted by Gasteiger charge is -2.11. The molecule has 1 aromatic carbocycles. The summed E-state index contributed by atoms with van der Waals surface area (Å²) in [5.74, 6) is 1.93. The van der Waals surface area contributed by atoms with Crippen LogP contribution in [0, 0.1) is 3.57 Å². The molecule has 0 aliphatic carbocycles. The van der Waals surface area contributed by atoms with Crippen molar-refractivity contribution in [3.05, 3.63) is 22.0 Å². The first kappa shape index (κ1) is 23.3. The van der Waals surface area contributed by atoms with Crippen LogP contribution in [0.25, 0.3) is 11.2 Å². The molecule has 0 spiro atoms. The number of imidazole rings is 1. The van der Waals surface area contributed by atoms with Crippen molar-refractivity contribution < 1.29 is 19.4 Å². The molecule has 0 bridgehead atoms. The van der Waals surface area contributed by atoms with Crippen LogP contribution in [-0.2, 0) is 11.3 Å². The van der Waals surface area contributed by atoms with Crippen LogP contribution in [-0.4, -0.2) is 50.5 Å².